The molecule has 1 amide bonds. The van der Waals surface area contributed by atoms with E-state index >= 15 is 0 Å². The Bertz CT molecular complexity index is 475. The van der Waals surface area contributed by atoms with Gasteiger partial charge in [-0.15, -0.1) is 0 Å². The number of nitrogens with zero attached hydrogens (tertiary/aromatic N) is 1. The van der Waals surface area contributed by atoms with Crippen molar-refractivity contribution < 1.29 is 18.7 Å². The van der Waals surface area contributed by atoms with E-state index in [0.29, 0.717) is 25.4 Å². The Balaban J connectivity index is 2.02. The first-order valence-corrected chi connectivity index (χ1v) is 6.53. The van der Waals surface area contributed by atoms with E-state index in [4.69, 9.17) is 9.47 Å². The van der Waals surface area contributed by atoms with Gasteiger partial charge in [0, 0.05) is 32.7 Å². The molecule has 0 saturated carbocycles. The number of morpholine rings is 1. The lowest BCUT2D eigenvalue weighted by Crippen LogP contribution is -2.45. The maximum absolute atomic E-state index is 13.9. The summed E-state index contributed by atoms with van der Waals surface area (Å²) in [6.07, 6.45) is -0.0565. The average molecular weight is 282 g/mol. The highest BCUT2D eigenvalue weighted by atomic mass is 19.1. The van der Waals surface area contributed by atoms with Crippen molar-refractivity contribution in [2.24, 2.45) is 0 Å². The van der Waals surface area contributed by atoms with E-state index in [1.54, 1.807) is 13.1 Å². The lowest BCUT2D eigenvalue weighted by Gasteiger charge is -2.28. The van der Waals surface area contributed by atoms with Gasteiger partial charge in [0.05, 0.1) is 25.4 Å². The quantitative estimate of drug-likeness (QED) is 0.891. The smallest absolute Gasteiger partial charge is 0.256 e. The maximum atomic E-state index is 13.9. The molecule has 1 atom stereocenters. The molecule has 0 spiro atoms. The topological polar surface area (TPSA) is 50.8 Å². The van der Waals surface area contributed by atoms with Gasteiger partial charge < -0.3 is 19.7 Å². The molecule has 1 aromatic rings. The molecule has 1 unspecified atom stereocenters. The van der Waals surface area contributed by atoms with Gasteiger partial charge in [-0.2, -0.15) is 0 Å². The van der Waals surface area contributed by atoms with Gasteiger partial charge in [0.2, 0.25) is 0 Å². The Morgan fingerprint density at radius 2 is 2.40 bits per heavy atom. The largest absolute Gasteiger partial charge is 0.497 e. The van der Waals surface area contributed by atoms with Crippen molar-refractivity contribution in [3.63, 3.8) is 0 Å². The highest BCUT2D eigenvalue weighted by molar-refractivity contribution is 5.94. The van der Waals surface area contributed by atoms with Crippen LogP contribution in [0.15, 0.2) is 18.2 Å². The number of carbonyl (C=O) groups excluding carboxylic acids is 1. The number of benzene rings is 1. The summed E-state index contributed by atoms with van der Waals surface area (Å²) in [5.41, 5.74) is 0.0390. The van der Waals surface area contributed by atoms with E-state index in [2.05, 4.69) is 5.32 Å². The molecular weight excluding hydrogens is 263 g/mol. The number of rotatable bonds is 4. The Morgan fingerprint density at radius 3 is 3.00 bits per heavy atom. The molecule has 1 aromatic carbocycles. The van der Waals surface area contributed by atoms with Gasteiger partial charge in [-0.1, -0.05) is 0 Å². The van der Waals surface area contributed by atoms with Gasteiger partial charge in [-0.3, -0.25) is 4.79 Å². The minimum atomic E-state index is -0.580. The minimum absolute atomic E-state index is 0.0390. The second kappa shape index (κ2) is 6.67. The monoisotopic (exact) mass is 282 g/mol. The second-order valence-corrected chi connectivity index (χ2v) is 4.73. The van der Waals surface area contributed by atoms with E-state index in [9.17, 15) is 9.18 Å². The predicted molar refractivity (Wildman–Crippen MR) is 72.5 cm³/mol. The standard InChI is InChI=1S/C14H19FN2O3/c1-17(9-11-8-16-5-6-20-11)14(18)12-4-3-10(19-2)7-13(12)15/h3-4,7,11,16H,5-6,8-9H2,1-2H3. The van der Waals surface area contributed by atoms with Gasteiger partial charge >= 0.3 is 0 Å². The molecule has 0 radical (unpaired) electrons. The first-order valence-electron chi connectivity index (χ1n) is 6.53. The number of amides is 1. The maximum Gasteiger partial charge on any atom is 0.256 e. The van der Waals surface area contributed by atoms with Crippen molar-refractivity contribution in [2.75, 3.05) is 40.4 Å². The Labute approximate surface area is 117 Å². The zero-order valence-corrected chi connectivity index (χ0v) is 11.7. The highest BCUT2D eigenvalue weighted by Crippen LogP contribution is 2.17. The molecule has 110 valence electrons. The molecule has 5 nitrogen and oxygen atoms in total. The van der Waals surface area contributed by atoms with Gasteiger partial charge in [0.25, 0.3) is 5.91 Å². The third kappa shape index (κ3) is 3.46. The van der Waals surface area contributed by atoms with E-state index in [1.165, 1.54) is 24.1 Å². The van der Waals surface area contributed by atoms with Crippen molar-refractivity contribution in [3.05, 3.63) is 29.6 Å². The van der Waals surface area contributed by atoms with Crippen molar-refractivity contribution >= 4 is 5.91 Å². The zero-order valence-electron chi connectivity index (χ0n) is 11.7. The normalized spacial score (nSPS) is 18.6. The summed E-state index contributed by atoms with van der Waals surface area (Å²) >= 11 is 0. The van der Waals surface area contributed by atoms with Crippen LogP contribution in [0.4, 0.5) is 4.39 Å². The van der Waals surface area contributed by atoms with E-state index < -0.39 is 5.82 Å². The Kier molecular flexibility index (Phi) is 4.92. The minimum Gasteiger partial charge on any atom is -0.497 e. The molecule has 20 heavy (non-hydrogen) atoms. The molecule has 1 heterocycles. The van der Waals surface area contributed by atoms with Crippen LogP contribution in [0.3, 0.4) is 0 Å². The highest BCUT2D eigenvalue weighted by Gasteiger charge is 2.21. The van der Waals surface area contributed by atoms with Crippen LogP contribution in [-0.2, 0) is 4.74 Å². The van der Waals surface area contributed by atoms with Crippen molar-refractivity contribution in [3.8, 4) is 5.75 Å². The number of nitrogens with one attached hydrogen (secondary N) is 1. The predicted octanol–water partition coefficient (Wildman–Crippen LogP) is 0.895. The number of hydrogen-bond acceptors (Lipinski definition) is 4. The van der Waals surface area contributed by atoms with Crippen molar-refractivity contribution in [1.82, 2.24) is 10.2 Å². The third-order valence-corrected chi connectivity index (χ3v) is 3.24. The van der Waals surface area contributed by atoms with Gasteiger partial charge in [0.1, 0.15) is 11.6 Å². The van der Waals surface area contributed by atoms with Crippen LogP contribution in [0.1, 0.15) is 10.4 Å². The molecule has 1 aliphatic rings. The molecule has 2 rings (SSSR count). The average Bonchev–Trinajstić information content (AvgIpc) is 2.47. The summed E-state index contributed by atoms with van der Waals surface area (Å²) in [5.74, 6) is -0.551. The summed E-state index contributed by atoms with van der Waals surface area (Å²) < 4.78 is 24.3. The lowest BCUT2D eigenvalue weighted by atomic mass is 10.1. The molecule has 1 saturated heterocycles. The molecular formula is C14H19FN2O3. The van der Waals surface area contributed by atoms with Crippen molar-refractivity contribution in [1.29, 1.82) is 0 Å². The zero-order chi connectivity index (χ0) is 14.5. The Morgan fingerprint density at radius 1 is 1.60 bits per heavy atom. The van der Waals surface area contributed by atoms with Crippen LogP contribution in [0.2, 0.25) is 0 Å². The van der Waals surface area contributed by atoms with E-state index in [-0.39, 0.29) is 17.6 Å². The van der Waals surface area contributed by atoms with Crippen LogP contribution in [0.5, 0.6) is 5.75 Å². The van der Waals surface area contributed by atoms with Crippen LogP contribution in [0.25, 0.3) is 0 Å². The molecule has 1 N–H and O–H groups in total. The first-order chi connectivity index (χ1) is 9.61. The number of methoxy groups -OCH3 is 1. The summed E-state index contributed by atoms with van der Waals surface area (Å²) in [5, 5.41) is 3.19. The fourth-order valence-corrected chi connectivity index (χ4v) is 2.13. The summed E-state index contributed by atoms with van der Waals surface area (Å²) in [4.78, 5) is 13.7. The second-order valence-electron chi connectivity index (χ2n) is 4.73. The van der Waals surface area contributed by atoms with Crippen molar-refractivity contribution in [2.45, 2.75) is 6.10 Å². The summed E-state index contributed by atoms with van der Waals surface area (Å²) in [6, 6.07) is 4.22. The summed E-state index contributed by atoms with van der Waals surface area (Å²) in [6.45, 7) is 2.57. The number of carbonyl (C=O) groups is 1. The Hall–Kier alpha value is -1.66. The van der Waals surface area contributed by atoms with Crippen LogP contribution in [-0.4, -0.2) is 57.3 Å². The lowest BCUT2D eigenvalue weighted by molar-refractivity contribution is 0.0103. The number of halogens is 1. The fourth-order valence-electron chi connectivity index (χ4n) is 2.13. The van der Waals surface area contributed by atoms with Gasteiger partial charge in [0.15, 0.2) is 0 Å². The molecule has 0 bridgehead atoms. The van der Waals surface area contributed by atoms with Crippen LogP contribution in [0, 0.1) is 5.82 Å². The molecule has 0 aromatic heterocycles. The third-order valence-electron chi connectivity index (χ3n) is 3.24. The van der Waals surface area contributed by atoms with E-state index in [0.717, 1.165) is 6.54 Å². The fraction of sp³-hybridized carbons (Fsp3) is 0.500. The van der Waals surface area contributed by atoms with Gasteiger partial charge in [-0.25, -0.2) is 4.39 Å². The molecule has 0 aliphatic carbocycles. The van der Waals surface area contributed by atoms with E-state index in [1.807, 2.05) is 0 Å². The number of ether oxygens (including phenoxy) is 2. The van der Waals surface area contributed by atoms with Gasteiger partial charge in [-0.05, 0) is 12.1 Å². The molecule has 1 aliphatic heterocycles. The number of likely N-dealkylation sites (N-methyl/N-ethyl adjacent to an activating group) is 1. The first kappa shape index (κ1) is 14.7. The van der Waals surface area contributed by atoms with Crippen LogP contribution >= 0.6 is 0 Å². The number of hydrogen-bond donors (Lipinski definition) is 1. The van der Waals surface area contributed by atoms with Crippen LogP contribution < -0.4 is 10.1 Å². The molecule has 6 heteroatoms. The summed E-state index contributed by atoms with van der Waals surface area (Å²) in [7, 11) is 3.10. The molecule has 1 fully saturated rings. The SMILES string of the molecule is COc1ccc(C(=O)N(C)CC2CNCCO2)c(F)c1.